The van der Waals surface area contributed by atoms with Crippen LogP contribution in [0.2, 0.25) is 0 Å². The molecular weight excluding hydrogens is 280 g/mol. The first-order valence-corrected chi connectivity index (χ1v) is 7.37. The molecule has 2 aromatic heterocycles. The van der Waals surface area contributed by atoms with Gasteiger partial charge in [0.2, 0.25) is 0 Å². The van der Waals surface area contributed by atoms with Crippen LogP contribution in [0.4, 0.5) is 0 Å². The molecule has 0 spiro atoms. The van der Waals surface area contributed by atoms with Crippen molar-refractivity contribution in [1.82, 2.24) is 8.97 Å². The summed E-state index contributed by atoms with van der Waals surface area (Å²) in [5.74, 6) is -0.411. The second-order valence-electron chi connectivity index (χ2n) is 5.46. The third-order valence-electron chi connectivity index (χ3n) is 3.69. The summed E-state index contributed by atoms with van der Waals surface area (Å²) in [6.07, 6.45) is 1.67. The molecule has 5 heteroatoms. The highest BCUT2D eigenvalue weighted by atomic mass is 16.5. The molecule has 5 nitrogen and oxygen atoms in total. The third kappa shape index (κ3) is 2.09. The predicted octanol–water partition coefficient (Wildman–Crippen LogP) is 3.01. The zero-order valence-electron chi connectivity index (χ0n) is 12.9. The molecule has 0 aliphatic rings. The van der Waals surface area contributed by atoms with Gasteiger partial charge in [-0.3, -0.25) is 4.79 Å². The van der Waals surface area contributed by atoms with Crippen molar-refractivity contribution in [2.45, 2.75) is 26.8 Å². The zero-order chi connectivity index (χ0) is 15.9. The lowest BCUT2D eigenvalue weighted by Crippen LogP contribution is -2.24. The number of carbonyl (C=O) groups is 1. The quantitative estimate of drug-likeness (QED) is 0.698. The van der Waals surface area contributed by atoms with Gasteiger partial charge in [-0.2, -0.15) is 0 Å². The molecule has 0 aliphatic heterocycles. The van der Waals surface area contributed by atoms with E-state index in [0.29, 0.717) is 17.7 Å². The second-order valence-corrected chi connectivity index (χ2v) is 5.46. The van der Waals surface area contributed by atoms with Gasteiger partial charge in [0, 0.05) is 12.2 Å². The normalized spacial score (nSPS) is 11.5. The van der Waals surface area contributed by atoms with Crippen molar-refractivity contribution in [3.8, 4) is 0 Å². The van der Waals surface area contributed by atoms with Gasteiger partial charge in [-0.05, 0) is 39.0 Å². The van der Waals surface area contributed by atoms with Crippen molar-refractivity contribution >= 4 is 22.5 Å². The Morgan fingerprint density at radius 2 is 1.86 bits per heavy atom. The summed E-state index contributed by atoms with van der Waals surface area (Å²) >= 11 is 0. The van der Waals surface area contributed by atoms with Crippen LogP contribution in [0.15, 0.2) is 41.3 Å². The first-order chi connectivity index (χ1) is 10.5. The number of para-hydroxylation sites is 2. The van der Waals surface area contributed by atoms with Crippen molar-refractivity contribution in [2.24, 2.45) is 0 Å². The first kappa shape index (κ1) is 14.4. The van der Waals surface area contributed by atoms with E-state index in [0.717, 1.165) is 11.0 Å². The number of hydrogen-bond acceptors (Lipinski definition) is 3. The molecule has 0 unspecified atom stereocenters. The molecule has 114 valence electrons. The molecular formula is C17H18N2O3. The summed E-state index contributed by atoms with van der Waals surface area (Å²) in [5.41, 5.74) is 2.51. The number of ether oxygens (including phenoxy) is 1. The monoisotopic (exact) mass is 298 g/mol. The Kier molecular flexibility index (Phi) is 3.48. The molecule has 3 aromatic rings. The molecule has 1 aromatic carbocycles. The average molecular weight is 298 g/mol. The van der Waals surface area contributed by atoms with E-state index in [1.54, 1.807) is 28.2 Å². The largest absolute Gasteiger partial charge is 0.462 e. The lowest BCUT2D eigenvalue weighted by Gasteiger charge is -2.15. The van der Waals surface area contributed by atoms with Gasteiger partial charge < -0.3 is 13.7 Å². The van der Waals surface area contributed by atoms with Crippen molar-refractivity contribution in [1.29, 1.82) is 0 Å². The summed E-state index contributed by atoms with van der Waals surface area (Å²) in [5, 5.41) is 0. The molecule has 0 bridgehead atoms. The Labute approximate surface area is 127 Å². The van der Waals surface area contributed by atoms with E-state index >= 15 is 0 Å². The van der Waals surface area contributed by atoms with Crippen molar-refractivity contribution in [3.63, 3.8) is 0 Å². The van der Waals surface area contributed by atoms with Crippen LogP contribution in [0, 0.1) is 0 Å². The van der Waals surface area contributed by atoms with Crippen LogP contribution < -0.4 is 5.56 Å². The molecule has 0 aliphatic carbocycles. The molecule has 0 saturated carbocycles. The maximum Gasteiger partial charge on any atom is 0.339 e. The van der Waals surface area contributed by atoms with E-state index in [2.05, 4.69) is 0 Å². The third-order valence-corrected chi connectivity index (χ3v) is 3.69. The van der Waals surface area contributed by atoms with Gasteiger partial charge in [-0.25, -0.2) is 4.79 Å². The molecule has 0 N–H and O–H groups in total. The van der Waals surface area contributed by atoms with Crippen molar-refractivity contribution in [2.75, 3.05) is 6.61 Å². The van der Waals surface area contributed by atoms with Gasteiger partial charge in [0.25, 0.3) is 5.56 Å². The fourth-order valence-electron chi connectivity index (χ4n) is 2.77. The van der Waals surface area contributed by atoms with Gasteiger partial charge >= 0.3 is 5.97 Å². The summed E-state index contributed by atoms with van der Waals surface area (Å²) in [4.78, 5) is 24.7. The lowest BCUT2D eigenvalue weighted by molar-refractivity contribution is 0.0526. The number of nitrogens with zero attached hydrogens (tertiary/aromatic N) is 2. The van der Waals surface area contributed by atoms with E-state index in [4.69, 9.17) is 4.74 Å². The number of rotatable bonds is 3. The van der Waals surface area contributed by atoms with Crippen LogP contribution in [0.25, 0.3) is 16.6 Å². The number of fused-ring (bicyclic) bond motifs is 3. The van der Waals surface area contributed by atoms with E-state index in [1.165, 1.54) is 0 Å². The smallest absolute Gasteiger partial charge is 0.339 e. The van der Waals surface area contributed by atoms with Crippen molar-refractivity contribution < 1.29 is 9.53 Å². The highest BCUT2D eigenvalue weighted by Crippen LogP contribution is 2.20. The molecule has 3 rings (SSSR count). The highest BCUT2D eigenvalue weighted by molar-refractivity contribution is 5.92. The van der Waals surface area contributed by atoms with E-state index in [1.807, 2.05) is 38.1 Å². The zero-order valence-corrected chi connectivity index (χ0v) is 12.9. The molecule has 0 saturated heterocycles. The standard InChI is InChI=1S/C17H18N2O3/c1-4-22-17(21)12-9-15-16(20)19(11(2)3)14-8-6-5-7-13(14)18(15)10-12/h5-11H,4H2,1-3H3. The number of esters is 1. The Bertz CT molecular complexity index is 919. The van der Waals surface area contributed by atoms with Gasteiger partial charge in [-0.1, -0.05) is 12.1 Å². The van der Waals surface area contributed by atoms with Gasteiger partial charge in [0.15, 0.2) is 0 Å². The van der Waals surface area contributed by atoms with E-state index in [-0.39, 0.29) is 11.6 Å². The molecule has 22 heavy (non-hydrogen) atoms. The van der Waals surface area contributed by atoms with Gasteiger partial charge in [0.05, 0.1) is 23.2 Å². The van der Waals surface area contributed by atoms with Gasteiger partial charge in [-0.15, -0.1) is 0 Å². The maximum atomic E-state index is 12.8. The lowest BCUT2D eigenvalue weighted by atomic mass is 10.2. The van der Waals surface area contributed by atoms with E-state index < -0.39 is 5.97 Å². The minimum Gasteiger partial charge on any atom is -0.462 e. The van der Waals surface area contributed by atoms with Crippen LogP contribution in [-0.4, -0.2) is 21.5 Å². The fourth-order valence-corrected chi connectivity index (χ4v) is 2.77. The fraction of sp³-hybridized carbons (Fsp3) is 0.294. The minimum atomic E-state index is -0.411. The van der Waals surface area contributed by atoms with Crippen molar-refractivity contribution in [3.05, 3.63) is 52.4 Å². The van der Waals surface area contributed by atoms with Crippen LogP contribution in [0.3, 0.4) is 0 Å². The summed E-state index contributed by atoms with van der Waals surface area (Å²) in [7, 11) is 0. The van der Waals surface area contributed by atoms with Crippen LogP contribution in [0.1, 0.15) is 37.2 Å². The number of hydrogen-bond donors (Lipinski definition) is 0. The maximum absolute atomic E-state index is 12.8. The number of carbonyl (C=O) groups excluding carboxylic acids is 1. The summed E-state index contributed by atoms with van der Waals surface area (Å²) in [6.45, 7) is 6.01. The topological polar surface area (TPSA) is 52.7 Å². The highest BCUT2D eigenvalue weighted by Gasteiger charge is 2.17. The first-order valence-electron chi connectivity index (χ1n) is 7.37. The SMILES string of the molecule is CCOC(=O)c1cc2c(=O)n(C(C)C)c3ccccc3n2c1. The number of aromatic nitrogens is 2. The summed E-state index contributed by atoms with van der Waals surface area (Å²) in [6, 6.07) is 9.31. The molecule has 0 atom stereocenters. The summed E-state index contributed by atoms with van der Waals surface area (Å²) < 4.78 is 8.54. The van der Waals surface area contributed by atoms with Crippen LogP contribution >= 0.6 is 0 Å². The molecule has 0 radical (unpaired) electrons. The Balaban J connectivity index is 2.41. The Hall–Kier alpha value is -2.56. The van der Waals surface area contributed by atoms with E-state index in [9.17, 15) is 9.59 Å². The second kappa shape index (κ2) is 5.33. The number of benzene rings is 1. The molecule has 2 heterocycles. The van der Waals surface area contributed by atoms with Crippen LogP contribution in [-0.2, 0) is 4.74 Å². The minimum absolute atomic E-state index is 0.0309. The average Bonchev–Trinajstić information content (AvgIpc) is 2.93. The Morgan fingerprint density at radius 1 is 1.18 bits per heavy atom. The molecule has 0 amide bonds. The van der Waals surface area contributed by atoms with Crippen LogP contribution in [0.5, 0.6) is 0 Å². The predicted molar refractivity (Wildman–Crippen MR) is 85.5 cm³/mol. The Morgan fingerprint density at radius 3 is 2.50 bits per heavy atom. The molecule has 0 fully saturated rings. The van der Waals surface area contributed by atoms with Gasteiger partial charge in [0.1, 0.15) is 5.52 Å².